The van der Waals surface area contributed by atoms with Gasteiger partial charge in [0.05, 0.1) is 0 Å². The van der Waals surface area contributed by atoms with Crippen molar-refractivity contribution in [1.29, 1.82) is 0 Å². The maximum absolute atomic E-state index is 2.83. The van der Waals surface area contributed by atoms with E-state index < -0.39 is 6.65 Å². The molecule has 0 rings (SSSR count). The summed E-state index contributed by atoms with van der Waals surface area (Å²) in [5.41, 5.74) is 0. The molecule has 0 nitrogen and oxygen atoms in total. The van der Waals surface area contributed by atoms with E-state index >= 15 is 0 Å². The van der Waals surface area contributed by atoms with E-state index in [1.807, 2.05) is 0 Å². The molecule has 0 saturated heterocycles. The van der Waals surface area contributed by atoms with Crippen LogP contribution in [0.3, 0.4) is 0 Å². The zero-order valence-electron chi connectivity index (χ0n) is 8.91. The Morgan fingerprint density at radius 3 is 1.46 bits per heavy atom. The Balaban J connectivity index is 3.42. The molecule has 0 fully saturated rings. The third-order valence-corrected chi connectivity index (χ3v) is 18.1. The average Bonchev–Trinajstić information content (AvgIpc) is 2.05. The van der Waals surface area contributed by atoms with Gasteiger partial charge in [0.1, 0.15) is 0 Å². The van der Waals surface area contributed by atoms with Gasteiger partial charge in [-0.2, -0.15) is 0 Å². The summed E-state index contributed by atoms with van der Waals surface area (Å²) in [6.07, 6.45) is 8.64. The van der Waals surface area contributed by atoms with E-state index in [1.165, 1.54) is 38.5 Å². The van der Waals surface area contributed by atoms with Crippen LogP contribution >= 0.6 is 40.4 Å². The quantitative estimate of drug-likeness (QED) is 0.244. The molecule has 0 atom stereocenters. The molecular weight excluding hydrogens is 447 g/mol. The van der Waals surface area contributed by atoms with Gasteiger partial charge in [-0.25, -0.2) is 0 Å². The Labute approximate surface area is 109 Å². The Morgan fingerprint density at radius 2 is 1.15 bits per heavy atom. The minimum absolute atomic E-state index is 1.32. The predicted molar refractivity (Wildman–Crippen MR) is 82.5 cm³/mol. The summed E-state index contributed by atoms with van der Waals surface area (Å²) in [6, 6.07) is 0. The maximum atomic E-state index is 2.83. The van der Waals surface area contributed by atoms with Crippen LogP contribution in [-0.2, 0) is 0 Å². The van der Waals surface area contributed by atoms with Gasteiger partial charge in [0.15, 0.2) is 0 Å². The van der Waals surface area contributed by atoms with Crippen LogP contribution in [0.5, 0.6) is 0 Å². The van der Waals surface area contributed by atoms with E-state index in [0.29, 0.717) is 0 Å². The molecule has 0 radical (unpaired) electrons. The first-order valence-electron chi connectivity index (χ1n) is 5.50. The molecule has 0 amide bonds. The zero-order chi connectivity index (χ0) is 10.2. The van der Waals surface area contributed by atoms with Gasteiger partial charge in [-0.15, -0.1) is 0 Å². The van der Waals surface area contributed by atoms with Crippen molar-refractivity contribution in [3.63, 3.8) is 0 Å². The molecule has 13 heavy (non-hydrogen) atoms. The van der Waals surface area contributed by atoms with Crippen molar-refractivity contribution in [1.82, 2.24) is 0 Å². The second kappa shape index (κ2) is 9.24. The molecule has 0 unspecified atom stereocenters. The zero-order valence-corrected chi connectivity index (χ0v) is 15.3. The summed E-state index contributed by atoms with van der Waals surface area (Å²) in [5, 5.41) is 3.16. The molecule has 0 N–H and O–H groups in total. The first-order valence-corrected chi connectivity index (χ1v) is 21.3. The molecule has 0 saturated carbocycles. The van der Waals surface area contributed by atoms with Gasteiger partial charge in [0, 0.05) is 0 Å². The van der Waals surface area contributed by atoms with E-state index in [4.69, 9.17) is 0 Å². The van der Waals surface area contributed by atoms with Gasteiger partial charge in [-0.3, -0.25) is 0 Å². The summed E-state index contributed by atoms with van der Waals surface area (Å²) in [7, 11) is 0. The SMILES string of the molecule is CCCC[CH2][Ge]([I])([I])[CH2]CCCC. The third-order valence-electron chi connectivity index (χ3n) is 2.29. The molecule has 0 aliphatic carbocycles. The molecule has 0 bridgehead atoms. The van der Waals surface area contributed by atoms with E-state index in [2.05, 4.69) is 54.3 Å². The average molecular weight is 469 g/mol. The minimum atomic E-state index is -1.32. The van der Waals surface area contributed by atoms with Gasteiger partial charge >= 0.3 is 110 Å². The van der Waals surface area contributed by atoms with Gasteiger partial charge in [-0.05, 0) is 0 Å². The van der Waals surface area contributed by atoms with Gasteiger partial charge in [0.25, 0.3) is 0 Å². The first-order chi connectivity index (χ1) is 6.12. The Bertz CT molecular complexity index is 103. The summed E-state index contributed by atoms with van der Waals surface area (Å²) in [4.78, 5) is 0. The van der Waals surface area contributed by atoms with Gasteiger partial charge in [-0.1, -0.05) is 0 Å². The molecule has 0 spiro atoms. The van der Waals surface area contributed by atoms with Crippen molar-refractivity contribution in [3.8, 4) is 0 Å². The van der Waals surface area contributed by atoms with Crippen molar-refractivity contribution < 1.29 is 0 Å². The molecule has 0 aromatic heterocycles. The van der Waals surface area contributed by atoms with Crippen molar-refractivity contribution in [2.24, 2.45) is 0 Å². The van der Waals surface area contributed by atoms with Crippen molar-refractivity contribution >= 4 is 47.1 Å². The fourth-order valence-corrected chi connectivity index (χ4v) is 13.1. The molecule has 80 valence electrons. The van der Waals surface area contributed by atoms with Crippen LogP contribution in [0.2, 0.25) is 10.5 Å². The van der Waals surface area contributed by atoms with Crippen LogP contribution in [0.4, 0.5) is 0 Å². The first kappa shape index (κ1) is 15.0. The molecule has 0 aromatic rings. The van der Waals surface area contributed by atoms with E-state index in [-0.39, 0.29) is 0 Å². The monoisotopic (exact) mass is 470 g/mol. The molecule has 0 aromatic carbocycles. The van der Waals surface area contributed by atoms with Crippen LogP contribution in [-0.4, -0.2) is 6.65 Å². The summed E-state index contributed by atoms with van der Waals surface area (Å²) < 4.78 is 0. The second-order valence-electron chi connectivity index (χ2n) is 3.77. The molecular formula is C10H22GeI2. The summed E-state index contributed by atoms with van der Waals surface area (Å²) in [6.45, 7) is 3.27. The Hall–Kier alpha value is 2.00. The van der Waals surface area contributed by atoms with Gasteiger partial charge < -0.3 is 0 Å². The van der Waals surface area contributed by atoms with Crippen molar-refractivity contribution in [2.45, 2.75) is 62.9 Å². The number of unbranched alkanes of at least 4 members (excludes halogenated alkanes) is 4. The van der Waals surface area contributed by atoms with Crippen molar-refractivity contribution in [2.75, 3.05) is 0 Å². The van der Waals surface area contributed by atoms with Crippen LogP contribution in [0.1, 0.15) is 52.4 Å². The number of halogens is 2. The number of hydrogen-bond donors (Lipinski definition) is 0. The fourth-order valence-electron chi connectivity index (χ4n) is 1.39. The molecule has 0 heterocycles. The van der Waals surface area contributed by atoms with E-state index in [9.17, 15) is 0 Å². The number of hydrogen-bond acceptors (Lipinski definition) is 0. The molecule has 0 aliphatic heterocycles. The van der Waals surface area contributed by atoms with Crippen LogP contribution < -0.4 is 0 Å². The third kappa shape index (κ3) is 10.3. The summed E-state index contributed by atoms with van der Waals surface area (Å²) in [5.74, 6) is 0. The second-order valence-corrected chi connectivity index (χ2v) is 41.6. The van der Waals surface area contributed by atoms with Crippen LogP contribution in [0, 0.1) is 0 Å². The van der Waals surface area contributed by atoms with Crippen molar-refractivity contribution in [3.05, 3.63) is 0 Å². The van der Waals surface area contributed by atoms with Crippen LogP contribution in [0.15, 0.2) is 0 Å². The standard InChI is InChI=1S/C10H22GeI2/c1-3-5-7-9-11(12,13)10-8-6-4-2/h3-10H2,1-2H3. The normalized spacial score (nSPS) is 12.0. The predicted octanol–water partition coefficient (Wildman–Crippen LogP) is 5.68. The van der Waals surface area contributed by atoms with Crippen LogP contribution in [0.25, 0.3) is 0 Å². The summed E-state index contributed by atoms with van der Waals surface area (Å²) >= 11 is 5.66. The van der Waals surface area contributed by atoms with E-state index in [1.54, 1.807) is 10.5 Å². The Morgan fingerprint density at radius 1 is 0.769 bits per heavy atom. The topological polar surface area (TPSA) is 0 Å². The molecule has 0 aliphatic rings. The van der Waals surface area contributed by atoms with Gasteiger partial charge in [0.2, 0.25) is 0 Å². The number of rotatable bonds is 8. The molecule has 3 heteroatoms. The fraction of sp³-hybridized carbons (Fsp3) is 1.00. The Kier molecular flexibility index (Phi) is 10.7. The van der Waals surface area contributed by atoms with E-state index in [0.717, 1.165) is 0 Å².